The third-order valence-electron chi connectivity index (χ3n) is 4.89. The van der Waals surface area contributed by atoms with Crippen molar-refractivity contribution < 1.29 is 9.53 Å². The number of halogens is 1. The zero-order valence-electron chi connectivity index (χ0n) is 17.7. The monoisotopic (exact) mass is 454 g/mol. The van der Waals surface area contributed by atoms with Gasteiger partial charge in [0.15, 0.2) is 0 Å². The Bertz CT molecular complexity index is 1340. The van der Waals surface area contributed by atoms with Crippen LogP contribution in [0.3, 0.4) is 0 Å². The average Bonchev–Trinajstić information content (AvgIpc) is 3.28. The van der Waals surface area contributed by atoms with Crippen LogP contribution < -0.4 is 10.1 Å². The Morgan fingerprint density at radius 3 is 2.39 bits per heavy atom. The topological polar surface area (TPSA) is 79.9 Å². The summed E-state index contributed by atoms with van der Waals surface area (Å²) in [6.07, 6.45) is 3.33. The lowest BCUT2D eigenvalue weighted by atomic mass is 10.1. The standard InChI is InChI=1S/C26H19ClN4O2/c1-33-24-13-7-18(8-14-24)25-20(17-31(30-25)23-5-3-2-4-6-23)15-19(16-28)26(32)29-22-11-9-21(27)10-12-22/h2-15,17H,1H3,(H,29,32)/b19-15-. The highest BCUT2D eigenvalue weighted by atomic mass is 35.5. The first kappa shape index (κ1) is 21.9. The van der Waals surface area contributed by atoms with Crippen LogP contribution >= 0.6 is 11.6 Å². The second-order valence-electron chi connectivity index (χ2n) is 7.07. The zero-order valence-corrected chi connectivity index (χ0v) is 18.5. The van der Waals surface area contributed by atoms with Gasteiger partial charge in [0.05, 0.1) is 18.5 Å². The van der Waals surface area contributed by atoms with E-state index in [0.29, 0.717) is 22.0 Å². The molecule has 4 rings (SSSR count). The van der Waals surface area contributed by atoms with Crippen molar-refractivity contribution in [2.24, 2.45) is 0 Å². The van der Waals surface area contributed by atoms with E-state index in [0.717, 1.165) is 17.0 Å². The molecule has 0 radical (unpaired) electrons. The van der Waals surface area contributed by atoms with Gasteiger partial charge in [0.25, 0.3) is 5.91 Å². The van der Waals surface area contributed by atoms with Gasteiger partial charge in [-0.25, -0.2) is 4.68 Å². The van der Waals surface area contributed by atoms with Gasteiger partial charge in [-0.1, -0.05) is 29.8 Å². The van der Waals surface area contributed by atoms with Gasteiger partial charge >= 0.3 is 0 Å². The van der Waals surface area contributed by atoms with Crippen molar-refractivity contribution in [3.8, 4) is 28.8 Å². The summed E-state index contributed by atoms with van der Waals surface area (Å²) in [5, 5.41) is 17.7. The number of anilines is 1. The van der Waals surface area contributed by atoms with Crippen molar-refractivity contribution in [3.63, 3.8) is 0 Å². The number of aromatic nitrogens is 2. The van der Waals surface area contributed by atoms with Crippen molar-refractivity contribution >= 4 is 29.3 Å². The number of nitrogens with zero attached hydrogens (tertiary/aromatic N) is 3. The fraction of sp³-hybridized carbons (Fsp3) is 0.0385. The number of methoxy groups -OCH3 is 1. The van der Waals surface area contributed by atoms with E-state index in [1.165, 1.54) is 6.08 Å². The summed E-state index contributed by atoms with van der Waals surface area (Å²) >= 11 is 5.90. The molecule has 7 heteroatoms. The molecule has 0 unspecified atom stereocenters. The molecule has 0 saturated heterocycles. The number of ether oxygens (including phenoxy) is 1. The Morgan fingerprint density at radius 1 is 1.06 bits per heavy atom. The highest BCUT2D eigenvalue weighted by molar-refractivity contribution is 6.30. The molecule has 0 spiro atoms. The number of amides is 1. The molecule has 0 fully saturated rings. The zero-order chi connectivity index (χ0) is 23.2. The van der Waals surface area contributed by atoms with Gasteiger partial charge < -0.3 is 10.1 Å². The van der Waals surface area contributed by atoms with E-state index >= 15 is 0 Å². The smallest absolute Gasteiger partial charge is 0.266 e. The van der Waals surface area contributed by atoms with Crippen LogP contribution in [-0.2, 0) is 4.79 Å². The Kier molecular flexibility index (Phi) is 6.53. The number of hydrogen-bond acceptors (Lipinski definition) is 4. The van der Waals surface area contributed by atoms with E-state index < -0.39 is 5.91 Å². The first-order chi connectivity index (χ1) is 16.1. The number of carbonyl (C=O) groups excluding carboxylic acids is 1. The molecular formula is C26H19ClN4O2. The van der Waals surface area contributed by atoms with Crippen LogP contribution in [0.25, 0.3) is 23.0 Å². The largest absolute Gasteiger partial charge is 0.497 e. The predicted octanol–water partition coefficient (Wildman–Crippen LogP) is 5.75. The van der Waals surface area contributed by atoms with Crippen LogP contribution in [0.1, 0.15) is 5.56 Å². The summed E-state index contributed by atoms with van der Waals surface area (Å²) in [5.74, 6) is 0.200. The molecule has 0 saturated carbocycles. The molecule has 0 aliphatic heterocycles. The molecule has 1 amide bonds. The number of hydrogen-bond donors (Lipinski definition) is 1. The molecule has 162 valence electrons. The molecular weight excluding hydrogens is 436 g/mol. The number of benzene rings is 3. The second kappa shape index (κ2) is 9.86. The number of nitriles is 1. The van der Waals surface area contributed by atoms with E-state index in [2.05, 4.69) is 5.32 Å². The van der Waals surface area contributed by atoms with Crippen molar-refractivity contribution in [3.05, 3.63) is 101 Å². The fourth-order valence-electron chi connectivity index (χ4n) is 3.21. The third-order valence-corrected chi connectivity index (χ3v) is 5.15. The van der Waals surface area contributed by atoms with Gasteiger partial charge in [-0.3, -0.25) is 4.79 Å². The van der Waals surface area contributed by atoms with Gasteiger partial charge in [-0.15, -0.1) is 0 Å². The molecule has 33 heavy (non-hydrogen) atoms. The SMILES string of the molecule is COc1ccc(-c2nn(-c3ccccc3)cc2/C=C(/C#N)C(=O)Nc2ccc(Cl)cc2)cc1. The predicted molar refractivity (Wildman–Crippen MR) is 129 cm³/mol. The normalized spacial score (nSPS) is 11.0. The number of carbonyl (C=O) groups is 1. The van der Waals surface area contributed by atoms with Crippen molar-refractivity contribution in [1.82, 2.24) is 9.78 Å². The van der Waals surface area contributed by atoms with E-state index in [1.54, 1.807) is 42.3 Å². The first-order valence-corrected chi connectivity index (χ1v) is 10.4. The molecule has 1 heterocycles. The number of para-hydroxylation sites is 1. The quantitative estimate of drug-likeness (QED) is 0.297. The Hall–Kier alpha value is -4.34. The van der Waals surface area contributed by atoms with Crippen LogP contribution in [0, 0.1) is 11.3 Å². The third kappa shape index (κ3) is 5.12. The molecule has 0 atom stereocenters. The van der Waals surface area contributed by atoms with Crippen molar-refractivity contribution in [2.75, 3.05) is 12.4 Å². The van der Waals surface area contributed by atoms with Gasteiger partial charge in [0.2, 0.25) is 0 Å². The van der Waals surface area contributed by atoms with Gasteiger partial charge in [-0.2, -0.15) is 10.4 Å². The van der Waals surface area contributed by atoms with Gasteiger partial charge in [-0.05, 0) is 66.7 Å². The highest BCUT2D eigenvalue weighted by Gasteiger charge is 2.15. The maximum atomic E-state index is 12.8. The summed E-state index contributed by atoms with van der Waals surface area (Å²) in [7, 11) is 1.60. The number of rotatable bonds is 6. The molecule has 0 bridgehead atoms. The minimum Gasteiger partial charge on any atom is -0.497 e. The summed E-state index contributed by atoms with van der Waals surface area (Å²) in [6.45, 7) is 0. The van der Waals surface area contributed by atoms with E-state index in [9.17, 15) is 10.1 Å². The van der Waals surface area contributed by atoms with Crippen LogP contribution in [0.2, 0.25) is 5.02 Å². The van der Waals surface area contributed by atoms with Crippen LogP contribution in [-0.4, -0.2) is 22.8 Å². The highest BCUT2D eigenvalue weighted by Crippen LogP contribution is 2.27. The Morgan fingerprint density at radius 2 is 1.76 bits per heavy atom. The lowest BCUT2D eigenvalue weighted by Crippen LogP contribution is -2.13. The summed E-state index contributed by atoms with van der Waals surface area (Å²) in [6, 6.07) is 25.7. The summed E-state index contributed by atoms with van der Waals surface area (Å²) < 4.78 is 6.97. The maximum absolute atomic E-state index is 12.8. The molecule has 6 nitrogen and oxygen atoms in total. The lowest BCUT2D eigenvalue weighted by molar-refractivity contribution is -0.112. The molecule has 4 aromatic rings. The molecule has 0 aliphatic rings. The summed E-state index contributed by atoms with van der Waals surface area (Å²) in [4.78, 5) is 12.8. The van der Waals surface area contributed by atoms with E-state index in [1.807, 2.05) is 60.7 Å². The molecule has 1 aromatic heterocycles. The van der Waals surface area contributed by atoms with Gasteiger partial charge in [0.1, 0.15) is 17.4 Å². The Labute approximate surface area is 196 Å². The van der Waals surface area contributed by atoms with Crippen molar-refractivity contribution in [1.29, 1.82) is 5.26 Å². The molecule has 3 aromatic carbocycles. The first-order valence-electron chi connectivity index (χ1n) is 10.1. The van der Waals surface area contributed by atoms with Gasteiger partial charge in [0, 0.05) is 28.0 Å². The van der Waals surface area contributed by atoms with Crippen molar-refractivity contribution in [2.45, 2.75) is 0 Å². The van der Waals surface area contributed by atoms with E-state index in [-0.39, 0.29) is 5.57 Å². The second-order valence-corrected chi connectivity index (χ2v) is 7.51. The minimum atomic E-state index is -0.520. The number of nitrogens with one attached hydrogen (secondary N) is 1. The summed E-state index contributed by atoms with van der Waals surface area (Å²) in [5.41, 5.74) is 3.44. The average molecular weight is 455 g/mol. The lowest BCUT2D eigenvalue weighted by Gasteiger charge is -2.05. The Balaban J connectivity index is 1.74. The van der Waals surface area contributed by atoms with Crippen LogP contribution in [0.15, 0.2) is 90.6 Å². The van der Waals surface area contributed by atoms with Crippen LogP contribution in [0.4, 0.5) is 5.69 Å². The minimum absolute atomic E-state index is 0.0488. The maximum Gasteiger partial charge on any atom is 0.266 e. The molecule has 0 aliphatic carbocycles. The van der Waals surface area contributed by atoms with E-state index in [4.69, 9.17) is 21.4 Å². The fourth-order valence-corrected chi connectivity index (χ4v) is 3.34. The van der Waals surface area contributed by atoms with Crippen LogP contribution in [0.5, 0.6) is 5.75 Å². The molecule has 1 N–H and O–H groups in total.